The third-order valence-corrected chi connectivity index (χ3v) is 5.26. The Balaban J connectivity index is 1.72. The molecule has 0 bridgehead atoms. The van der Waals surface area contributed by atoms with Crippen molar-refractivity contribution in [1.82, 2.24) is 9.47 Å². The molecular formula is C17H15F4N3O3S. The minimum atomic E-state index is -4.80. The Morgan fingerprint density at radius 1 is 1.11 bits per heavy atom. The minimum absolute atomic E-state index is 0.320. The number of carbonyl (C=O) groups is 1. The van der Waals surface area contributed by atoms with Crippen LogP contribution < -0.4 is 14.3 Å². The molecule has 2 amide bonds. The van der Waals surface area contributed by atoms with E-state index in [1.165, 1.54) is 22.0 Å². The van der Waals surface area contributed by atoms with Crippen molar-refractivity contribution in [2.75, 3.05) is 13.1 Å². The van der Waals surface area contributed by atoms with E-state index in [0.717, 1.165) is 29.9 Å². The Kier molecular flexibility index (Phi) is 4.36. The number of rotatable bonds is 1. The van der Waals surface area contributed by atoms with E-state index in [1.807, 2.05) is 0 Å². The van der Waals surface area contributed by atoms with Crippen LogP contribution in [0, 0.1) is 6.92 Å². The lowest BCUT2D eigenvalue weighted by molar-refractivity contribution is -0.391. The maximum atomic E-state index is 13.5. The molecule has 6 nitrogen and oxygen atoms in total. The maximum absolute atomic E-state index is 13.5. The molecule has 0 aliphatic carbocycles. The molecule has 0 spiro atoms. The summed E-state index contributed by atoms with van der Waals surface area (Å²) in [7, 11) is 0. The Morgan fingerprint density at radius 3 is 2.43 bits per heavy atom. The average Bonchev–Trinajstić information content (AvgIpc) is 3.25. The molecule has 0 radical (unpaired) electrons. The quantitative estimate of drug-likeness (QED) is 0.661. The fraction of sp³-hybridized carbons (Fsp3) is 0.412. The first-order valence-electron chi connectivity index (χ1n) is 8.47. The van der Waals surface area contributed by atoms with Crippen LogP contribution in [0.15, 0.2) is 29.4 Å². The van der Waals surface area contributed by atoms with Crippen molar-refractivity contribution < 1.29 is 31.8 Å². The molecule has 11 heteroatoms. The first-order valence-corrected chi connectivity index (χ1v) is 9.29. The molecule has 1 fully saturated rings. The molecule has 0 atom stereocenters. The highest BCUT2D eigenvalue weighted by atomic mass is 32.1. The molecule has 2 aliphatic heterocycles. The number of alkyl halides is 4. The van der Waals surface area contributed by atoms with Crippen molar-refractivity contribution in [1.29, 1.82) is 0 Å². The molecule has 4 rings (SSSR count). The van der Waals surface area contributed by atoms with Gasteiger partial charge in [0.25, 0.3) is 0 Å². The number of likely N-dealkylation sites (tertiary alicyclic amines) is 1. The Bertz CT molecular complexity index is 996. The Labute approximate surface area is 160 Å². The predicted octanol–water partition coefficient (Wildman–Crippen LogP) is 3.92. The molecule has 1 saturated heterocycles. The summed E-state index contributed by atoms with van der Waals surface area (Å²) in [5.74, 6) is -1.03. The van der Waals surface area contributed by atoms with Gasteiger partial charge in [0, 0.05) is 30.2 Å². The van der Waals surface area contributed by atoms with Crippen molar-refractivity contribution in [2.45, 2.75) is 32.0 Å². The maximum Gasteiger partial charge on any atom is 0.507 e. The number of halogens is 4. The van der Waals surface area contributed by atoms with Gasteiger partial charge in [0.2, 0.25) is 0 Å². The van der Waals surface area contributed by atoms with Crippen LogP contribution in [0.3, 0.4) is 0 Å². The van der Waals surface area contributed by atoms with Crippen molar-refractivity contribution >= 4 is 17.4 Å². The monoisotopic (exact) mass is 417 g/mol. The summed E-state index contributed by atoms with van der Waals surface area (Å²) in [6.07, 6.45) is -6.06. The van der Waals surface area contributed by atoms with E-state index in [2.05, 4.69) is 14.5 Å². The molecule has 2 aliphatic rings. The number of hydrogen-bond donors (Lipinski definition) is 0. The average molecular weight is 417 g/mol. The highest BCUT2D eigenvalue weighted by Gasteiger charge is 2.65. The number of hydrogen-bond acceptors (Lipinski definition) is 4. The first kappa shape index (κ1) is 18.8. The number of nitrogens with zero attached hydrogens (tertiary/aromatic N) is 3. The van der Waals surface area contributed by atoms with Crippen LogP contribution >= 0.6 is 11.3 Å². The highest BCUT2D eigenvalue weighted by molar-refractivity contribution is 7.09. The summed E-state index contributed by atoms with van der Waals surface area (Å²) in [4.78, 5) is 19.2. The fourth-order valence-corrected chi connectivity index (χ4v) is 3.81. The zero-order valence-corrected chi connectivity index (χ0v) is 15.4. The third-order valence-electron chi connectivity index (χ3n) is 4.36. The minimum Gasteiger partial charge on any atom is -0.421 e. The van der Waals surface area contributed by atoms with E-state index in [1.54, 1.807) is 18.0 Å². The van der Waals surface area contributed by atoms with Crippen LogP contribution in [0.1, 0.15) is 17.7 Å². The number of fused-ring (bicyclic) bond motifs is 1. The predicted molar refractivity (Wildman–Crippen MR) is 91.3 cm³/mol. The van der Waals surface area contributed by atoms with Crippen LogP contribution in [0.4, 0.5) is 22.4 Å². The highest BCUT2D eigenvalue weighted by Crippen LogP contribution is 2.47. The van der Waals surface area contributed by atoms with E-state index in [4.69, 9.17) is 0 Å². The topological polar surface area (TPSA) is 56.1 Å². The van der Waals surface area contributed by atoms with Crippen molar-refractivity contribution in [3.05, 3.63) is 34.1 Å². The van der Waals surface area contributed by atoms with E-state index in [0.29, 0.717) is 23.6 Å². The number of urea groups is 1. The summed E-state index contributed by atoms with van der Waals surface area (Å²) in [5, 5.41) is 0. The van der Waals surface area contributed by atoms with Gasteiger partial charge >= 0.3 is 18.2 Å². The van der Waals surface area contributed by atoms with Gasteiger partial charge in [-0.15, -0.1) is 11.3 Å². The van der Waals surface area contributed by atoms with Crippen molar-refractivity contribution in [2.24, 2.45) is 4.99 Å². The van der Waals surface area contributed by atoms with Gasteiger partial charge in [0.1, 0.15) is 0 Å². The lowest BCUT2D eigenvalue weighted by Crippen LogP contribution is -2.52. The number of thiazole rings is 1. The van der Waals surface area contributed by atoms with Gasteiger partial charge in [-0.3, -0.25) is 4.57 Å². The van der Waals surface area contributed by atoms with Crippen molar-refractivity contribution in [3.63, 3.8) is 0 Å². The number of aryl methyl sites for hydroxylation is 1. The van der Waals surface area contributed by atoms with Gasteiger partial charge in [-0.1, -0.05) is 0 Å². The molecule has 0 unspecified atom stereocenters. The molecule has 1 aromatic heterocycles. The second kappa shape index (κ2) is 6.50. The van der Waals surface area contributed by atoms with Crippen molar-refractivity contribution in [3.8, 4) is 17.2 Å². The van der Waals surface area contributed by atoms with E-state index in [9.17, 15) is 22.4 Å². The third kappa shape index (κ3) is 3.23. The zero-order valence-electron chi connectivity index (χ0n) is 14.6. The van der Waals surface area contributed by atoms with Crippen LogP contribution in [0.2, 0.25) is 0 Å². The molecule has 150 valence electrons. The summed E-state index contributed by atoms with van der Waals surface area (Å²) < 4.78 is 63.3. The van der Waals surface area contributed by atoms with Crippen LogP contribution in [-0.2, 0) is 0 Å². The number of benzene rings is 1. The lowest BCUT2D eigenvalue weighted by atomic mass is 10.2. The molecule has 3 heterocycles. The number of aromatic nitrogens is 1. The molecule has 0 saturated carbocycles. The van der Waals surface area contributed by atoms with E-state index >= 15 is 0 Å². The molecule has 2 aromatic rings. The summed E-state index contributed by atoms with van der Waals surface area (Å²) in [6, 6.07) is 3.27. The molecule has 1 aromatic carbocycles. The standard InChI is InChI=1S/C17H15F4N3O3S/c1-10-9-24(15(28-10)22-14(25)23-6-2-3-7-23)11-4-5-12-13(8-11)27-17(20,21)16(18,19)26-12/h4-5,8-9H,2-3,6-7H2,1H3. The summed E-state index contributed by atoms with van der Waals surface area (Å²) in [5.41, 5.74) is 0.320. The van der Waals surface area contributed by atoms with E-state index in [-0.39, 0.29) is 6.03 Å². The number of amides is 2. The van der Waals surface area contributed by atoms with Crippen LogP contribution in [0.5, 0.6) is 11.5 Å². The zero-order chi connectivity index (χ0) is 20.1. The van der Waals surface area contributed by atoms with Crippen LogP contribution in [0.25, 0.3) is 5.69 Å². The largest absolute Gasteiger partial charge is 0.507 e. The Morgan fingerprint density at radius 2 is 1.75 bits per heavy atom. The fourth-order valence-electron chi connectivity index (χ4n) is 2.98. The molecular weight excluding hydrogens is 402 g/mol. The smallest absolute Gasteiger partial charge is 0.421 e. The van der Waals surface area contributed by atoms with Gasteiger partial charge in [-0.2, -0.15) is 22.6 Å². The van der Waals surface area contributed by atoms with Gasteiger partial charge in [0.15, 0.2) is 16.3 Å². The summed E-state index contributed by atoms with van der Waals surface area (Å²) in [6.45, 7) is 3.08. The lowest BCUT2D eigenvalue weighted by Gasteiger charge is -2.31. The van der Waals surface area contributed by atoms with E-state index < -0.39 is 23.7 Å². The molecule has 0 N–H and O–H groups in total. The first-order chi connectivity index (χ1) is 13.2. The normalized spacial score (nSPS) is 20.5. The number of carbonyl (C=O) groups excluding carboxylic acids is 1. The van der Waals surface area contributed by atoms with Gasteiger partial charge in [-0.05, 0) is 31.9 Å². The second-order valence-corrected chi connectivity index (χ2v) is 7.66. The van der Waals surface area contributed by atoms with Gasteiger partial charge in [0.05, 0.1) is 5.69 Å². The van der Waals surface area contributed by atoms with Gasteiger partial charge < -0.3 is 14.4 Å². The number of ether oxygens (including phenoxy) is 2. The second-order valence-electron chi connectivity index (χ2n) is 6.45. The Hall–Kier alpha value is -2.56. The van der Waals surface area contributed by atoms with Crippen LogP contribution in [-0.4, -0.2) is 40.8 Å². The summed E-state index contributed by atoms with van der Waals surface area (Å²) >= 11 is 1.24. The van der Waals surface area contributed by atoms with Gasteiger partial charge in [-0.25, -0.2) is 4.79 Å². The SMILES string of the molecule is Cc1cn(-c2ccc3c(c2)OC(F)(F)C(F)(F)O3)c(=NC(=O)N2CCCC2)s1. The molecule has 28 heavy (non-hydrogen) atoms.